The van der Waals surface area contributed by atoms with Gasteiger partial charge >= 0.3 is 5.97 Å². The lowest BCUT2D eigenvalue weighted by atomic mass is 9.96. The smallest absolute Gasteiger partial charge is 0.308 e. The highest BCUT2D eigenvalue weighted by molar-refractivity contribution is 5.95. The average molecular weight is 276 g/mol. The molecule has 0 aromatic heterocycles. The number of carbonyl (C=O) groups excluding carboxylic acids is 2. The summed E-state index contributed by atoms with van der Waals surface area (Å²) in [5, 5.41) is 0. The standard InChI is InChI=1S/C15H20N2O3/c1-20-15(19)11-6-8-17(9-7-11)14(18)13-5-3-2-4-12(13)10-16/h2-5,11H,6-10,16H2,1H3. The molecule has 0 aliphatic carbocycles. The summed E-state index contributed by atoms with van der Waals surface area (Å²) in [4.78, 5) is 25.7. The Balaban J connectivity index is 2.03. The van der Waals surface area contributed by atoms with Crippen LogP contribution in [-0.4, -0.2) is 37.0 Å². The van der Waals surface area contributed by atoms with Crippen molar-refractivity contribution < 1.29 is 14.3 Å². The number of amides is 1. The number of ether oxygens (including phenoxy) is 1. The number of carbonyl (C=O) groups is 2. The summed E-state index contributed by atoms with van der Waals surface area (Å²) >= 11 is 0. The number of hydrogen-bond acceptors (Lipinski definition) is 4. The van der Waals surface area contributed by atoms with Crippen LogP contribution >= 0.6 is 0 Å². The first-order chi connectivity index (χ1) is 9.67. The number of esters is 1. The van der Waals surface area contributed by atoms with Gasteiger partial charge in [0.15, 0.2) is 0 Å². The quantitative estimate of drug-likeness (QED) is 0.841. The van der Waals surface area contributed by atoms with Crippen LogP contribution in [0.2, 0.25) is 0 Å². The molecule has 2 rings (SSSR count). The molecule has 20 heavy (non-hydrogen) atoms. The van der Waals surface area contributed by atoms with Gasteiger partial charge in [-0.3, -0.25) is 9.59 Å². The maximum Gasteiger partial charge on any atom is 0.308 e. The molecule has 1 aliphatic heterocycles. The van der Waals surface area contributed by atoms with E-state index in [4.69, 9.17) is 10.5 Å². The van der Waals surface area contributed by atoms with Gasteiger partial charge in [0, 0.05) is 25.2 Å². The van der Waals surface area contributed by atoms with Gasteiger partial charge in [0.05, 0.1) is 13.0 Å². The molecule has 1 aromatic carbocycles. The van der Waals surface area contributed by atoms with Crippen LogP contribution in [0.3, 0.4) is 0 Å². The van der Waals surface area contributed by atoms with Gasteiger partial charge < -0.3 is 15.4 Å². The van der Waals surface area contributed by atoms with Crippen LogP contribution in [0.1, 0.15) is 28.8 Å². The zero-order chi connectivity index (χ0) is 14.5. The molecule has 5 heteroatoms. The van der Waals surface area contributed by atoms with E-state index < -0.39 is 0 Å². The van der Waals surface area contributed by atoms with Crippen molar-refractivity contribution in [1.29, 1.82) is 0 Å². The Morgan fingerprint density at radius 1 is 1.30 bits per heavy atom. The van der Waals surface area contributed by atoms with Gasteiger partial charge in [-0.05, 0) is 24.5 Å². The molecule has 1 aliphatic rings. The molecule has 0 radical (unpaired) electrons. The van der Waals surface area contributed by atoms with E-state index in [1.54, 1.807) is 11.0 Å². The third-order valence-corrected chi connectivity index (χ3v) is 3.78. The van der Waals surface area contributed by atoms with E-state index in [2.05, 4.69) is 0 Å². The highest BCUT2D eigenvalue weighted by atomic mass is 16.5. The third-order valence-electron chi connectivity index (χ3n) is 3.78. The van der Waals surface area contributed by atoms with Crippen molar-refractivity contribution in [3.63, 3.8) is 0 Å². The lowest BCUT2D eigenvalue weighted by Crippen LogP contribution is -2.40. The molecule has 1 fully saturated rings. The molecule has 108 valence electrons. The highest BCUT2D eigenvalue weighted by Gasteiger charge is 2.28. The molecule has 5 nitrogen and oxygen atoms in total. The molecule has 1 aromatic rings. The highest BCUT2D eigenvalue weighted by Crippen LogP contribution is 2.21. The summed E-state index contributed by atoms with van der Waals surface area (Å²) < 4.78 is 4.75. The normalized spacial score (nSPS) is 16.0. The van der Waals surface area contributed by atoms with Crippen molar-refractivity contribution in [2.24, 2.45) is 11.7 Å². The predicted molar refractivity (Wildman–Crippen MR) is 75.0 cm³/mol. The van der Waals surface area contributed by atoms with E-state index in [0.29, 0.717) is 38.0 Å². The fourth-order valence-corrected chi connectivity index (χ4v) is 2.56. The van der Waals surface area contributed by atoms with E-state index in [1.807, 2.05) is 18.2 Å². The van der Waals surface area contributed by atoms with Crippen LogP contribution in [0.25, 0.3) is 0 Å². The molecular formula is C15H20N2O3. The minimum Gasteiger partial charge on any atom is -0.469 e. The first kappa shape index (κ1) is 14.5. The van der Waals surface area contributed by atoms with Gasteiger partial charge in [-0.25, -0.2) is 0 Å². The van der Waals surface area contributed by atoms with Gasteiger partial charge in [-0.1, -0.05) is 18.2 Å². The third kappa shape index (κ3) is 2.99. The Labute approximate surface area is 118 Å². The maximum absolute atomic E-state index is 12.5. The van der Waals surface area contributed by atoms with E-state index in [1.165, 1.54) is 7.11 Å². The minimum absolute atomic E-state index is 0.00522. The fraction of sp³-hybridized carbons (Fsp3) is 0.467. The summed E-state index contributed by atoms with van der Waals surface area (Å²) in [6.07, 6.45) is 1.31. The monoisotopic (exact) mass is 276 g/mol. The molecule has 1 saturated heterocycles. The first-order valence-corrected chi connectivity index (χ1v) is 6.82. The van der Waals surface area contributed by atoms with Crippen LogP contribution in [-0.2, 0) is 16.1 Å². The number of hydrogen-bond donors (Lipinski definition) is 1. The van der Waals surface area contributed by atoms with Gasteiger partial charge in [0.25, 0.3) is 5.91 Å². The minimum atomic E-state index is -0.181. The largest absolute Gasteiger partial charge is 0.469 e. The second kappa shape index (κ2) is 6.52. The number of methoxy groups -OCH3 is 1. The summed E-state index contributed by atoms with van der Waals surface area (Å²) in [5.74, 6) is -0.275. The van der Waals surface area contributed by atoms with Crippen molar-refractivity contribution in [3.05, 3.63) is 35.4 Å². The van der Waals surface area contributed by atoms with Gasteiger partial charge in [0.2, 0.25) is 0 Å². The molecule has 0 saturated carbocycles. The Hall–Kier alpha value is -1.88. The van der Waals surface area contributed by atoms with Crippen molar-refractivity contribution in [1.82, 2.24) is 4.90 Å². The van der Waals surface area contributed by atoms with Crippen molar-refractivity contribution in [2.75, 3.05) is 20.2 Å². The number of rotatable bonds is 3. The molecule has 0 unspecified atom stereocenters. The molecule has 0 spiro atoms. The SMILES string of the molecule is COC(=O)C1CCN(C(=O)c2ccccc2CN)CC1. The van der Waals surface area contributed by atoms with Crippen molar-refractivity contribution in [2.45, 2.75) is 19.4 Å². The molecule has 0 bridgehead atoms. The second-order valence-corrected chi connectivity index (χ2v) is 4.95. The summed E-state index contributed by atoms with van der Waals surface area (Å²) in [6.45, 7) is 1.51. The number of nitrogens with two attached hydrogens (primary N) is 1. The molecule has 0 atom stereocenters. The van der Waals surface area contributed by atoms with Gasteiger partial charge in [-0.2, -0.15) is 0 Å². The number of piperidine rings is 1. The van der Waals surface area contributed by atoms with E-state index in [-0.39, 0.29) is 17.8 Å². The lowest BCUT2D eigenvalue weighted by molar-refractivity contribution is -0.146. The first-order valence-electron chi connectivity index (χ1n) is 6.82. The molecule has 2 N–H and O–H groups in total. The average Bonchev–Trinajstić information content (AvgIpc) is 2.53. The molecular weight excluding hydrogens is 256 g/mol. The lowest BCUT2D eigenvalue weighted by Gasteiger charge is -2.31. The van der Waals surface area contributed by atoms with Crippen LogP contribution < -0.4 is 5.73 Å². The summed E-state index contributed by atoms with van der Waals surface area (Å²) in [6, 6.07) is 7.39. The Kier molecular flexibility index (Phi) is 4.74. The topological polar surface area (TPSA) is 72.6 Å². The van der Waals surface area contributed by atoms with E-state index >= 15 is 0 Å². The number of nitrogens with zero attached hydrogens (tertiary/aromatic N) is 1. The van der Waals surface area contributed by atoms with E-state index in [0.717, 1.165) is 5.56 Å². The van der Waals surface area contributed by atoms with Crippen molar-refractivity contribution in [3.8, 4) is 0 Å². The van der Waals surface area contributed by atoms with Crippen LogP contribution in [0.4, 0.5) is 0 Å². The molecule has 1 amide bonds. The summed E-state index contributed by atoms with van der Waals surface area (Å²) in [7, 11) is 1.40. The van der Waals surface area contributed by atoms with Crippen molar-refractivity contribution >= 4 is 11.9 Å². The maximum atomic E-state index is 12.5. The Morgan fingerprint density at radius 3 is 2.55 bits per heavy atom. The van der Waals surface area contributed by atoms with Crippen LogP contribution in [0.15, 0.2) is 24.3 Å². The predicted octanol–water partition coefficient (Wildman–Crippen LogP) is 1.17. The number of likely N-dealkylation sites (tertiary alicyclic amines) is 1. The zero-order valence-corrected chi connectivity index (χ0v) is 11.7. The van der Waals surface area contributed by atoms with Gasteiger partial charge in [0.1, 0.15) is 0 Å². The summed E-state index contributed by atoms with van der Waals surface area (Å²) in [5.41, 5.74) is 7.18. The molecule has 1 heterocycles. The van der Waals surface area contributed by atoms with Crippen LogP contribution in [0, 0.1) is 5.92 Å². The second-order valence-electron chi connectivity index (χ2n) is 4.95. The van der Waals surface area contributed by atoms with Gasteiger partial charge in [-0.15, -0.1) is 0 Å². The van der Waals surface area contributed by atoms with Crippen LogP contribution in [0.5, 0.6) is 0 Å². The zero-order valence-electron chi connectivity index (χ0n) is 11.7. The Morgan fingerprint density at radius 2 is 1.95 bits per heavy atom. The van der Waals surface area contributed by atoms with E-state index in [9.17, 15) is 9.59 Å². The Bertz CT molecular complexity index is 494. The number of benzene rings is 1. The fourth-order valence-electron chi connectivity index (χ4n) is 2.56.